The summed E-state index contributed by atoms with van der Waals surface area (Å²) in [6, 6.07) is 13.5. The number of rotatable bonds is 4. The predicted octanol–water partition coefficient (Wildman–Crippen LogP) is 3.28. The molecule has 31 heavy (non-hydrogen) atoms. The first kappa shape index (κ1) is 19.3. The van der Waals surface area contributed by atoms with Crippen molar-refractivity contribution in [2.24, 2.45) is 7.05 Å². The lowest BCUT2D eigenvalue weighted by molar-refractivity contribution is 0.198. The van der Waals surface area contributed by atoms with Gasteiger partial charge in [0.05, 0.1) is 11.5 Å². The number of benzene rings is 1. The van der Waals surface area contributed by atoms with Crippen LogP contribution < -0.4 is 15.4 Å². The third-order valence-corrected chi connectivity index (χ3v) is 5.66. The van der Waals surface area contributed by atoms with E-state index in [2.05, 4.69) is 19.9 Å². The number of aryl methyl sites for hydroxylation is 2. The van der Waals surface area contributed by atoms with Crippen molar-refractivity contribution < 1.29 is 9.84 Å². The van der Waals surface area contributed by atoms with E-state index in [4.69, 9.17) is 10.5 Å². The Kier molecular flexibility index (Phi) is 4.71. The van der Waals surface area contributed by atoms with Crippen LogP contribution in [0.3, 0.4) is 0 Å². The van der Waals surface area contributed by atoms with Gasteiger partial charge in [-0.3, -0.25) is 0 Å². The molecule has 4 heterocycles. The third kappa shape index (κ3) is 3.44. The minimum Gasteiger partial charge on any atom is -0.439 e. The summed E-state index contributed by atoms with van der Waals surface area (Å²) in [5, 5.41) is 10.9. The molecule has 1 unspecified atom stereocenters. The Balaban J connectivity index is 1.59. The van der Waals surface area contributed by atoms with Gasteiger partial charge in [-0.15, -0.1) is 0 Å². The first-order chi connectivity index (χ1) is 15.0. The van der Waals surface area contributed by atoms with Crippen LogP contribution in [0.1, 0.15) is 12.1 Å². The number of aromatic nitrogens is 4. The average Bonchev–Trinajstić information content (AvgIpc) is 3.30. The van der Waals surface area contributed by atoms with E-state index in [1.807, 2.05) is 61.0 Å². The topological polar surface area (TPSA) is 102 Å². The van der Waals surface area contributed by atoms with Crippen LogP contribution in [-0.2, 0) is 7.05 Å². The molecule has 5 rings (SSSR count). The molecule has 1 aliphatic heterocycles. The Labute approximate surface area is 179 Å². The first-order valence-corrected chi connectivity index (χ1v) is 10.2. The van der Waals surface area contributed by atoms with E-state index in [1.165, 1.54) is 6.33 Å². The number of nitrogens with zero attached hydrogens (tertiary/aromatic N) is 5. The van der Waals surface area contributed by atoms with Crippen LogP contribution in [0.25, 0.3) is 22.2 Å². The Bertz CT molecular complexity index is 1250. The zero-order chi connectivity index (χ0) is 21.5. The normalized spacial score (nSPS) is 16.2. The molecule has 1 saturated heterocycles. The average molecular weight is 416 g/mol. The highest BCUT2D eigenvalue weighted by atomic mass is 16.5. The van der Waals surface area contributed by atoms with Crippen LogP contribution in [-0.4, -0.2) is 43.8 Å². The molecule has 158 valence electrons. The summed E-state index contributed by atoms with van der Waals surface area (Å²) in [7, 11) is 1.97. The van der Waals surface area contributed by atoms with Gasteiger partial charge in [0, 0.05) is 37.5 Å². The maximum Gasteiger partial charge on any atom is 0.219 e. The highest BCUT2D eigenvalue weighted by molar-refractivity contribution is 6.06. The van der Waals surface area contributed by atoms with Crippen molar-refractivity contribution in [2.75, 3.05) is 23.7 Å². The summed E-state index contributed by atoms with van der Waals surface area (Å²) in [5.41, 5.74) is 9.89. The van der Waals surface area contributed by atoms with Crippen LogP contribution in [0, 0.1) is 6.92 Å². The van der Waals surface area contributed by atoms with Gasteiger partial charge in [0.2, 0.25) is 5.88 Å². The number of aliphatic hydroxyl groups excluding tert-OH is 1. The number of aliphatic hydroxyl groups is 1. The van der Waals surface area contributed by atoms with Crippen molar-refractivity contribution in [3.8, 4) is 22.8 Å². The fourth-order valence-electron chi connectivity index (χ4n) is 4.23. The molecular weight excluding hydrogens is 392 g/mol. The van der Waals surface area contributed by atoms with Crippen molar-refractivity contribution >= 4 is 22.7 Å². The number of fused-ring (bicyclic) bond motifs is 1. The molecule has 0 bridgehead atoms. The van der Waals surface area contributed by atoms with Crippen LogP contribution in [0.15, 0.2) is 48.8 Å². The zero-order valence-corrected chi connectivity index (χ0v) is 17.5. The molecule has 0 amide bonds. The van der Waals surface area contributed by atoms with Crippen molar-refractivity contribution in [3.05, 3.63) is 54.5 Å². The Morgan fingerprint density at radius 3 is 2.65 bits per heavy atom. The number of hydrogen-bond donors (Lipinski definition) is 2. The molecular formula is C23H24N6O2. The molecule has 8 heteroatoms. The second-order valence-corrected chi connectivity index (χ2v) is 7.85. The molecule has 0 spiro atoms. The van der Waals surface area contributed by atoms with Crippen LogP contribution >= 0.6 is 0 Å². The van der Waals surface area contributed by atoms with E-state index in [0.29, 0.717) is 24.0 Å². The summed E-state index contributed by atoms with van der Waals surface area (Å²) < 4.78 is 7.93. The maximum atomic E-state index is 10.1. The largest absolute Gasteiger partial charge is 0.439 e. The lowest BCUT2D eigenvalue weighted by Gasteiger charge is -2.21. The molecule has 0 saturated carbocycles. The first-order valence-electron chi connectivity index (χ1n) is 10.2. The molecule has 3 aromatic heterocycles. The SMILES string of the molecule is Cc1cccc(Oc2ccc(-c3c(N4CCC(O)C4)n(C)c4ncnc(N)c34)cc2)n1. The van der Waals surface area contributed by atoms with Crippen LogP contribution in [0.4, 0.5) is 11.6 Å². The maximum absolute atomic E-state index is 10.1. The molecule has 1 aliphatic rings. The second kappa shape index (κ2) is 7.55. The fourth-order valence-corrected chi connectivity index (χ4v) is 4.23. The zero-order valence-electron chi connectivity index (χ0n) is 17.5. The number of anilines is 2. The number of hydrogen-bond acceptors (Lipinski definition) is 7. The summed E-state index contributed by atoms with van der Waals surface area (Å²) in [4.78, 5) is 15.3. The highest BCUT2D eigenvalue weighted by Gasteiger charge is 2.29. The van der Waals surface area contributed by atoms with E-state index in [0.717, 1.165) is 46.6 Å². The lowest BCUT2D eigenvalue weighted by atomic mass is 10.0. The van der Waals surface area contributed by atoms with Gasteiger partial charge in [-0.2, -0.15) is 0 Å². The summed E-state index contributed by atoms with van der Waals surface area (Å²) >= 11 is 0. The van der Waals surface area contributed by atoms with Gasteiger partial charge in [0.1, 0.15) is 29.4 Å². The van der Waals surface area contributed by atoms with Gasteiger partial charge in [-0.1, -0.05) is 18.2 Å². The van der Waals surface area contributed by atoms with Gasteiger partial charge in [0.15, 0.2) is 0 Å². The molecule has 3 N–H and O–H groups in total. The minimum atomic E-state index is -0.341. The molecule has 8 nitrogen and oxygen atoms in total. The number of nitrogens with two attached hydrogens (primary N) is 1. The number of nitrogen functional groups attached to an aromatic ring is 1. The molecule has 1 aromatic carbocycles. The molecule has 1 fully saturated rings. The Morgan fingerprint density at radius 1 is 1.13 bits per heavy atom. The Hall–Kier alpha value is -3.65. The van der Waals surface area contributed by atoms with Crippen LogP contribution in [0.2, 0.25) is 0 Å². The van der Waals surface area contributed by atoms with E-state index in [1.54, 1.807) is 0 Å². The molecule has 0 radical (unpaired) electrons. The number of pyridine rings is 1. The molecule has 1 atom stereocenters. The van der Waals surface area contributed by atoms with Crippen molar-refractivity contribution in [1.82, 2.24) is 19.5 Å². The van der Waals surface area contributed by atoms with Gasteiger partial charge in [-0.25, -0.2) is 15.0 Å². The van der Waals surface area contributed by atoms with Gasteiger partial charge >= 0.3 is 0 Å². The van der Waals surface area contributed by atoms with E-state index in [9.17, 15) is 5.11 Å². The predicted molar refractivity (Wildman–Crippen MR) is 120 cm³/mol. The molecule has 0 aliphatic carbocycles. The summed E-state index contributed by atoms with van der Waals surface area (Å²) in [6.45, 7) is 3.27. The van der Waals surface area contributed by atoms with E-state index in [-0.39, 0.29) is 6.10 Å². The second-order valence-electron chi connectivity index (χ2n) is 7.85. The highest BCUT2D eigenvalue weighted by Crippen LogP contribution is 2.42. The van der Waals surface area contributed by atoms with E-state index >= 15 is 0 Å². The van der Waals surface area contributed by atoms with Gasteiger partial charge in [-0.05, 0) is 37.1 Å². The number of ether oxygens (including phenoxy) is 1. The van der Waals surface area contributed by atoms with E-state index < -0.39 is 0 Å². The summed E-state index contributed by atoms with van der Waals surface area (Å²) in [5.74, 6) is 2.67. The summed E-state index contributed by atoms with van der Waals surface area (Å²) in [6.07, 6.45) is 1.88. The number of β-amino-alcohol motifs (C(OH)–C–C–N with tert-alkyl or cyclic N) is 1. The molecule has 4 aromatic rings. The van der Waals surface area contributed by atoms with Crippen molar-refractivity contribution in [1.29, 1.82) is 0 Å². The van der Waals surface area contributed by atoms with Crippen LogP contribution in [0.5, 0.6) is 11.6 Å². The monoisotopic (exact) mass is 416 g/mol. The third-order valence-electron chi connectivity index (χ3n) is 5.66. The standard InChI is InChI=1S/C23H24N6O2/c1-14-4-3-5-18(27-14)31-17-8-6-15(7-9-17)19-20-21(24)25-13-26-22(20)28(2)23(19)29-11-10-16(30)12-29/h3-9,13,16,30H,10-12H2,1-2H3,(H2,24,25,26). The van der Waals surface area contributed by atoms with Crippen molar-refractivity contribution in [3.63, 3.8) is 0 Å². The van der Waals surface area contributed by atoms with Gasteiger partial charge < -0.3 is 25.0 Å². The smallest absolute Gasteiger partial charge is 0.219 e. The Morgan fingerprint density at radius 2 is 1.94 bits per heavy atom. The minimum absolute atomic E-state index is 0.341. The quantitative estimate of drug-likeness (QED) is 0.526. The lowest BCUT2D eigenvalue weighted by Crippen LogP contribution is -2.23. The van der Waals surface area contributed by atoms with Crippen molar-refractivity contribution in [2.45, 2.75) is 19.4 Å². The fraction of sp³-hybridized carbons (Fsp3) is 0.261. The van der Waals surface area contributed by atoms with Gasteiger partial charge in [0.25, 0.3) is 0 Å².